The Morgan fingerprint density at radius 3 is 1.46 bits per heavy atom. The second-order valence-electron chi connectivity index (χ2n) is 23.3. The molecule has 4 N–H and O–H groups in total. The molecular weight excluding hydrogens is 1120 g/mol. The van der Waals surface area contributed by atoms with Crippen LogP contribution in [-0.2, 0) is 32.3 Å². The smallest absolute Gasteiger partial charge is 0.251 e. The van der Waals surface area contributed by atoms with Gasteiger partial charge < -0.3 is 40.5 Å². The zero-order chi connectivity index (χ0) is 59.6. The van der Waals surface area contributed by atoms with Crippen LogP contribution in [0.3, 0.4) is 0 Å². The summed E-state index contributed by atoms with van der Waals surface area (Å²) in [5.41, 5.74) is 10.8. The first-order chi connectivity index (χ1) is 42.8. The Kier molecular flexibility index (Phi) is 19.1. The van der Waals surface area contributed by atoms with Gasteiger partial charge in [-0.25, -0.2) is 0 Å². The number of unbranched alkanes of at least 4 members (excludes halogenated alkanes) is 8. The minimum Gasteiger partial charge on any atom is -0.485 e. The number of benzene rings is 4. The number of nitrogens with zero attached hydrogens (tertiary/aromatic N) is 4. The van der Waals surface area contributed by atoms with Gasteiger partial charge in [0.15, 0.2) is 12.4 Å². The molecule has 8 heterocycles. The first kappa shape index (κ1) is 59.5. The number of hydrogen-bond donors (Lipinski definition) is 4. The van der Waals surface area contributed by atoms with Gasteiger partial charge in [-0.2, -0.15) is 9.13 Å². The Bertz CT molecular complexity index is 3760. The summed E-state index contributed by atoms with van der Waals surface area (Å²) < 4.78 is 18.1. The molecule has 4 aromatic carbocycles. The van der Waals surface area contributed by atoms with Crippen LogP contribution in [0.4, 0.5) is 11.4 Å². The van der Waals surface area contributed by atoms with E-state index in [1.807, 2.05) is 23.5 Å². The molecule has 0 aliphatic carbocycles. The number of rotatable bonds is 28. The lowest BCUT2D eigenvalue weighted by Gasteiger charge is -2.37. The highest BCUT2D eigenvalue weighted by Gasteiger charge is 2.42. The van der Waals surface area contributed by atoms with E-state index in [0.29, 0.717) is 50.2 Å². The zero-order valence-electron chi connectivity index (χ0n) is 50.0. The number of carbonyl (C=O) groups excluding carboxylic acids is 4. The largest absolute Gasteiger partial charge is 0.485 e. The van der Waals surface area contributed by atoms with Crippen LogP contribution in [0.25, 0.3) is 33.0 Å². The molecule has 2 aromatic heterocycles. The number of hydrogen-bond acceptors (Lipinski definition) is 10. The number of thioether (sulfide) groups is 2. The number of carbonyl (C=O) groups is 4. The maximum absolute atomic E-state index is 13.1. The van der Waals surface area contributed by atoms with Crippen molar-refractivity contribution >= 4 is 91.5 Å². The van der Waals surface area contributed by atoms with Crippen LogP contribution < -0.4 is 49.7 Å². The summed E-state index contributed by atoms with van der Waals surface area (Å²) in [4.78, 5) is 59.1. The number of aryl methyl sites for hydroxylation is 2. The van der Waals surface area contributed by atoms with E-state index in [4.69, 9.17) is 9.47 Å². The zero-order valence-corrected chi connectivity index (χ0v) is 51.6. The fourth-order valence-electron chi connectivity index (χ4n) is 13.1. The average Bonchev–Trinajstić information content (AvgIpc) is 1.88. The van der Waals surface area contributed by atoms with E-state index in [1.165, 1.54) is 81.4 Å². The molecule has 4 amide bonds. The summed E-state index contributed by atoms with van der Waals surface area (Å²) in [5.74, 6) is 1.54. The molecule has 12 rings (SSSR count). The summed E-state index contributed by atoms with van der Waals surface area (Å²) in [6.07, 6.45) is 22.6. The van der Waals surface area contributed by atoms with Crippen molar-refractivity contribution in [1.82, 2.24) is 21.3 Å². The lowest BCUT2D eigenvalue weighted by atomic mass is 9.90. The van der Waals surface area contributed by atoms with E-state index in [0.717, 1.165) is 128 Å². The molecule has 0 saturated carbocycles. The molecule has 2 atom stereocenters. The molecule has 2 unspecified atom stereocenters. The van der Waals surface area contributed by atoms with E-state index in [1.54, 1.807) is 19.1 Å². The lowest BCUT2D eigenvalue weighted by Crippen LogP contribution is -2.38. The van der Waals surface area contributed by atoms with Gasteiger partial charge in [-0.05, 0) is 114 Å². The van der Waals surface area contributed by atoms with E-state index < -0.39 is 0 Å². The normalized spacial score (nSPS) is 16.9. The second kappa shape index (κ2) is 27.9. The Morgan fingerprint density at radius 2 is 0.989 bits per heavy atom. The molecule has 6 aromatic rings. The van der Waals surface area contributed by atoms with Gasteiger partial charge in [0.05, 0.1) is 32.2 Å². The minimum absolute atomic E-state index is 0.0544. The fraction of sp³-hybridized carbons (Fsp3) is 0.380. The van der Waals surface area contributed by atoms with Crippen LogP contribution in [-0.4, -0.2) is 75.1 Å². The van der Waals surface area contributed by atoms with Gasteiger partial charge in [-0.1, -0.05) is 78.7 Å². The third-order valence-electron chi connectivity index (χ3n) is 17.6. The fourth-order valence-corrected chi connectivity index (χ4v) is 15.7. The van der Waals surface area contributed by atoms with Crippen LogP contribution in [0.2, 0.25) is 0 Å². The predicted octanol–water partition coefficient (Wildman–Crippen LogP) is 12.1. The van der Waals surface area contributed by atoms with Crippen molar-refractivity contribution in [2.75, 3.05) is 49.1 Å². The molecule has 450 valence electrons. The topological polar surface area (TPSA) is 149 Å². The van der Waals surface area contributed by atoms with Crippen molar-refractivity contribution in [3.8, 4) is 11.5 Å². The van der Waals surface area contributed by atoms with Crippen LogP contribution in [0.15, 0.2) is 165 Å². The van der Waals surface area contributed by atoms with E-state index in [-0.39, 0.29) is 35.8 Å². The van der Waals surface area contributed by atoms with Gasteiger partial charge in [-0.3, -0.25) is 19.2 Å². The molecule has 0 bridgehead atoms. The summed E-state index contributed by atoms with van der Waals surface area (Å²) >= 11 is 3.72. The number of anilines is 2. The lowest BCUT2D eigenvalue weighted by molar-refractivity contribution is -0.672. The SMILES string of the molecule is C=C/C(=C\C(=C/C)C(=O)NCCCCCNC(=O)CCCCC[n+]1ccc2c3c(cccc31)OC1CCN3C(=C21)Sc1ccccc13)C(=O)NCCCCCNC(=O)CCCCC[n+]1ccc2c3c(cccc31)OC1CCN3C(=C21)Sc1ccccc13. The third kappa shape index (κ3) is 13.1. The van der Waals surface area contributed by atoms with Crippen molar-refractivity contribution < 1.29 is 37.8 Å². The summed E-state index contributed by atoms with van der Waals surface area (Å²) in [7, 11) is 0. The first-order valence-corrected chi connectivity index (χ1v) is 33.3. The predicted molar refractivity (Wildman–Crippen MR) is 348 cm³/mol. The molecule has 0 spiro atoms. The highest BCUT2D eigenvalue weighted by atomic mass is 32.2. The van der Waals surface area contributed by atoms with Gasteiger partial charge >= 0.3 is 0 Å². The molecule has 14 nitrogen and oxygen atoms in total. The maximum atomic E-state index is 13.1. The molecule has 0 radical (unpaired) electrons. The number of para-hydroxylation sites is 2. The number of pyridine rings is 2. The molecule has 6 aliphatic rings. The Morgan fingerprint density at radius 1 is 0.540 bits per heavy atom. The monoisotopic (exact) mass is 1200 g/mol. The van der Waals surface area contributed by atoms with Crippen LogP contribution in [0.1, 0.15) is 121 Å². The van der Waals surface area contributed by atoms with Gasteiger partial charge in [0, 0.05) is 145 Å². The summed E-state index contributed by atoms with van der Waals surface area (Å²) in [6, 6.07) is 34.7. The molecule has 0 saturated heterocycles. The Hall–Kier alpha value is -7.82. The van der Waals surface area contributed by atoms with E-state index in [2.05, 4.69) is 156 Å². The highest BCUT2D eigenvalue weighted by Crippen LogP contribution is 2.56. The number of aromatic nitrogens is 2. The molecule has 6 aliphatic heterocycles. The Labute approximate surface area is 519 Å². The second-order valence-corrected chi connectivity index (χ2v) is 25.4. The van der Waals surface area contributed by atoms with Gasteiger partial charge in [-0.15, -0.1) is 0 Å². The first-order valence-electron chi connectivity index (χ1n) is 31.7. The number of fused-ring (bicyclic) bond motifs is 10. The maximum Gasteiger partial charge on any atom is 0.251 e. The Balaban J connectivity index is 0.483. The molecule has 87 heavy (non-hydrogen) atoms. The van der Waals surface area contributed by atoms with E-state index >= 15 is 0 Å². The van der Waals surface area contributed by atoms with Crippen molar-refractivity contribution in [3.63, 3.8) is 0 Å². The number of nitrogens with one attached hydrogen (secondary N) is 4. The summed E-state index contributed by atoms with van der Waals surface area (Å²) in [5, 5.41) is 17.0. The van der Waals surface area contributed by atoms with Gasteiger partial charge in [0.25, 0.3) is 11.8 Å². The third-order valence-corrected chi connectivity index (χ3v) is 20.0. The quantitative estimate of drug-likeness (QED) is 0.0162. The minimum atomic E-state index is -0.285. The number of amides is 4. The van der Waals surface area contributed by atoms with Gasteiger partial charge in [0.1, 0.15) is 36.8 Å². The molecule has 0 fully saturated rings. The average molecular weight is 1210 g/mol. The highest BCUT2D eigenvalue weighted by molar-refractivity contribution is 8.04. The van der Waals surface area contributed by atoms with Crippen LogP contribution in [0, 0.1) is 0 Å². The van der Waals surface area contributed by atoms with Crippen LogP contribution >= 0.6 is 23.5 Å². The summed E-state index contributed by atoms with van der Waals surface area (Å²) in [6.45, 7) is 11.4. The van der Waals surface area contributed by atoms with Crippen molar-refractivity contribution in [3.05, 3.63) is 167 Å². The molecule has 16 heteroatoms. The van der Waals surface area contributed by atoms with E-state index in [9.17, 15) is 19.2 Å². The van der Waals surface area contributed by atoms with Gasteiger partial charge in [0.2, 0.25) is 22.8 Å². The number of ether oxygens (including phenoxy) is 2. The van der Waals surface area contributed by atoms with Crippen molar-refractivity contribution in [1.29, 1.82) is 0 Å². The van der Waals surface area contributed by atoms with Crippen molar-refractivity contribution in [2.24, 2.45) is 0 Å². The molecular formula is C71H80N8O6S2+2. The standard InChI is InChI=1S/C71H78N8O6S2/c1-3-48(68(82)74-39-17-7-15-37-72-62(80)31-9-5-19-41-76-43-33-50-64-54(76)25-21-27-56(64)84-58-35-45-78-52-23-11-13-29-60(52)86-70(78)66(50)58)47-49(4-2)69(83)75-40-18-8-16-38-73-63(81)32-10-6-20-42-77-44-34-51-65-55(77)26-22-28-57(65)85-59-36-46-79-53-24-12-14-30-61(53)87-71(79)67(51)59/h3-4,11-14,21-30,33-34,43-44,47,58-59H,1,5-10,15-20,31-32,35-42,45-46H2,2H3,(H2-2,72,73,74,75,80,81,82,83)/p+2/b48-47+,49-4+. The van der Waals surface area contributed by atoms with Crippen LogP contribution in [0.5, 0.6) is 11.5 Å². The number of allylic oxidation sites excluding steroid dienone is 1. The van der Waals surface area contributed by atoms with Crippen molar-refractivity contribution in [2.45, 2.75) is 145 Å².